The summed E-state index contributed by atoms with van der Waals surface area (Å²) in [5.74, 6) is -3.74. The highest BCUT2D eigenvalue weighted by Gasteiger charge is 2.46. The third-order valence-corrected chi connectivity index (χ3v) is 3.91. The van der Waals surface area contributed by atoms with Gasteiger partial charge in [-0.3, -0.25) is 14.4 Å². The van der Waals surface area contributed by atoms with Crippen LogP contribution in [-0.2, 0) is 19.2 Å². The first-order valence-corrected chi connectivity index (χ1v) is 7.07. The summed E-state index contributed by atoms with van der Waals surface area (Å²) in [4.78, 5) is 47.6. The predicted molar refractivity (Wildman–Crippen MR) is 79.4 cm³/mol. The van der Waals surface area contributed by atoms with Gasteiger partial charge in [0.25, 0.3) is 0 Å². The average Bonchev–Trinajstić information content (AvgIpc) is 2.85. The summed E-state index contributed by atoms with van der Waals surface area (Å²) in [5, 5.41) is 20.2. The lowest BCUT2D eigenvalue weighted by molar-refractivity contribution is -0.146. The lowest BCUT2D eigenvalue weighted by atomic mass is 9.95. The van der Waals surface area contributed by atoms with E-state index in [0.717, 1.165) is 0 Å². The van der Waals surface area contributed by atoms with Crippen LogP contribution in [0.15, 0.2) is 12.2 Å². The van der Waals surface area contributed by atoms with Gasteiger partial charge in [0.05, 0.1) is 13.0 Å². The van der Waals surface area contributed by atoms with Gasteiger partial charge in [-0.25, -0.2) is 4.79 Å². The average molecular weight is 327 g/mol. The number of likely N-dealkylation sites (tertiary alicyclic amines) is 1. The van der Waals surface area contributed by atoms with E-state index >= 15 is 0 Å². The number of nitrogens with zero attached hydrogens (tertiary/aromatic N) is 1. The molecule has 0 aliphatic carbocycles. The number of nitrogens with two attached hydrogens (primary N) is 1. The fourth-order valence-electron chi connectivity index (χ4n) is 2.63. The summed E-state index contributed by atoms with van der Waals surface area (Å²) >= 11 is 0. The van der Waals surface area contributed by atoms with E-state index in [1.165, 1.54) is 11.8 Å². The van der Waals surface area contributed by atoms with Crippen LogP contribution in [0.4, 0.5) is 0 Å². The van der Waals surface area contributed by atoms with E-state index < -0.39 is 41.8 Å². The van der Waals surface area contributed by atoms with Gasteiger partial charge in [0.2, 0.25) is 11.8 Å². The molecule has 5 N–H and O–H groups in total. The maximum Gasteiger partial charge on any atom is 0.330 e. The monoisotopic (exact) mass is 327 g/mol. The molecule has 1 heterocycles. The van der Waals surface area contributed by atoms with Crippen molar-refractivity contribution in [2.75, 3.05) is 13.1 Å². The predicted octanol–water partition coefficient (Wildman–Crippen LogP) is -1.07. The zero-order valence-electron chi connectivity index (χ0n) is 12.9. The molecule has 0 bridgehead atoms. The number of hydrogen-bond donors (Lipinski definition) is 4. The Kier molecular flexibility index (Phi) is 5.85. The first-order chi connectivity index (χ1) is 10.6. The van der Waals surface area contributed by atoms with Crippen molar-refractivity contribution >= 4 is 23.8 Å². The molecule has 0 aromatic carbocycles. The van der Waals surface area contributed by atoms with Crippen molar-refractivity contribution in [2.45, 2.75) is 37.8 Å². The Morgan fingerprint density at radius 1 is 1.35 bits per heavy atom. The third kappa shape index (κ3) is 4.07. The Morgan fingerprint density at radius 2 is 1.96 bits per heavy atom. The minimum absolute atomic E-state index is 0.156. The van der Waals surface area contributed by atoms with E-state index in [0.29, 0.717) is 19.4 Å². The number of aliphatic carboxylic acids is 2. The van der Waals surface area contributed by atoms with Crippen molar-refractivity contribution in [2.24, 2.45) is 5.73 Å². The fourth-order valence-corrected chi connectivity index (χ4v) is 2.63. The minimum atomic E-state index is -1.54. The van der Waals surface area contributed by atoms with Gasteiger partial charge in [-0.1, -0.05) is 6.58 Å². The molecule has 9 heteroatoms. The number of carboxylic acids is 2. The standard InChI is InChI=1S/C14H21N3O6/c1-8(6-10(19)20)11(12(21)22)16-13(23)14(2)4-3-5-17(14)9(18)7-15/h11H,1,3-7,15H2,2H3,(H,16,23)(H,19,20)(H,21,22)/t11-,14-/m0/s1. The Labute approximate surface area is 133 Å². The summed E-state index contributed by atoms with van der Waals surface area (Å²) in [5.41, 5.74) is 3.96. The molecule has 1 aliphatic rings. The molecular formula is C14H21N3O6. The Morgan fingerprint density at radius 3 is 2.43 bits per heavy atom. The lowest BCUT2D eigenvalue weighted by Crippen LogP contribution is -2.59. The molecule has 2 amide bonds. The van der Waals surface area contributed by atoms with E-state index in [-0.39, 0.29) is 12.1 Å². The van der Waals surface area contributed by atoms with Gasteiger partial charge in [0.15, 0.2) is 0 Å². The summed E-state index contributed by atoms with van der Waals surface area (Å²) < 4.78 is 0. The lowest BCUT2D eigenvalue weighted by Gasteiger charge is -2.34. The van der Waals surface area contributed by atoms with Gasteiger partial charge in [-0.05, 0) is 25.3 Å². The molecule has 2 atom stereocenters. The second-order valence-electron chi connectivity index (χ2n) is 5.60. The van der Waals surface area contributed by atoms with Gasteiger partial charge >= 0.3 is 11.9 Å². The maximum absolute atomic E-state index is 12.5. The molecule has 128 valence electrons. The number of rotatable bonds is 7. The molecule has 0 unspecified atom stereocenters. The zero-order valence-corrected chi connectivity index (χ0v) is 12.9. The van der Waals surface area contributed by atoms with Crippen LogP contribution >= 0.6 is 0 Å². The van der Waals surface area contributed by atoms with Crippen molar-refractivity contribution in [3.8, 4) is 0 Å². The van der Waals surface area contributed by atoms with Crippen LogP contribution in [0.1, 0.15) is 26.2 Å². The summed E-state index contributed by atoms with van der Waals surface area (Å²) in [6, 6.07) is -1.54. The molecule has 1 saturated heterocycles. The van der Waals surface area contributed by atoms with Crippen molar-refractivity contribution in [1.29, 1.82) is 0 Å². The van der Waals surface area contributed by atoms with Gasteiger partial charge in [0, 0.05) is 6.54 Å². The minimum Gasteiger partial charge on any atom is -0.481 e. The van der Waals surface area contributed by atoms with Crippen molar-refractivity contribution < 1.29 is 29.4 Å². The van der Waals surface area contributed by atoms with Crippen LogP contribution in [0, 0.1) is 0 Å². The molecule has 1 rings (SSSR count). The molecule has 0 radical (unpaired) electrons. The molecule has 0 aromatic rings. The number of carboxylic acid groups (broad SMARTS) is 2. The van der Waals surface area contributed by atoms with Crippen molar-refractivity contribution in [3.05, 3.63) is 12.2 Å². The number of nitrogens with one attached hydrogen (secondary N) is 1. The molecule has 1 aliphatic heterocycles. The Hall–Kier alpha value is -2.42. The number of carbonyl (C=O) groups excluding carboxylic acids is 2. The second-order valence-corrected chi connectivity index (χ2v) is 5.60. The highest BCUT2D eigenvalue weighted by Crippen LogP contribution is 2.29. The maximum atomic E-state index is 12.5. The summed E-state index contributed by atoms with van der Waals surface area (Å²) in [7, 11) is 0. The first kappa shape index (κ1) is 18.6. The second kappa shape index (κ2) is 7.23. The number of hydrogen-bond acceptors (Lipinski definition) is 5. The van der Waals surface area contributed by atoms with Gasteiger partial charge < -0.3 is 26.2 Å². The van der Waals surface area contributed by atoms with E-state index in [4.69, 9.17) is 10.8 Å². The molecule has 0 spiro atoms. The van der Waals surface area contributed by atoms with Crippen molar-refractivity contribution in [3.63, 3.8) is 0 Å². The third-order valence-electron chi connectivity index (χ3n) is 3.91. The zero-order chi connectivity index (χ0) is 17.8. The van der Waals surface area contributed by atoms with Gasteiger partial charge in [-0.2, -0.15) is 0 Å². The molecule has 9 nitrogen and oxygen atoms in total. The van der Waals surface area contributed by atoms with Crippen LogP contribution in [0.2, 0.25) is 0 Å². The summed E-state index contributed by atoms with van der Waals surface area (Å²) in [6.45, 7) is 5.04. The fraction of sp³-hybridized carbons (Fsp3) is 0.571. The topological polar surface area (TPSA) is 150 Å². The molecule has 23 heavy (non-hydrogen) atoms. The van der Waals surface area contributed by atoms with Gasteiger partial charge in [0.1, 0.15) is 11.6 Å². The largest absolute Gasteiger partial charge is 0.481 e. The van der Waals surface area contributed by atoms with Gasteiger partial charge in [-0.15, -0.1) is 0 Å². The quantitative estimate of drug-likeness (QED) is 0.435. The SMILES string of the molecule is C=C(CC(=O)O)[C@H](NC(=O)[C@]1(C)CCCN1C(=O)CN)C(=O)O. The van der Waals surface area contributed by atoms with Crippen LogP contribution in [0.25, 0.3) is 0 Å². The van der Waals surface area contributed by atoms with Crippen molar-refractivity contribution in [1.82, 2.24) is 10.2 Å². The number of carbonyl (C=O) groups is 4. The van der Waals surface area contributed by atoms with Crippen LogP contribution in [-0.4, -0.2) is 63.5 Å². The summed E-state index contributed by atoms with van der Waals surface area (Å²) in [6.07, 6.45) is 0.366. The number of amides is 2. The first-order valence-electron chi connectivity index (χ1n) is 7.07. The molecule has 0 saturated carbocycles. The highest BCUT2D eigenvalue weighted by molar-refractivity contribution is 5.95. The molecule has 1 fully saturated rings. The smallest absolute Gasteiger partial charge is 0.330 e. The van der Waals surface area contributed by atoms with Crippen LogP contribution in [0.3, 0.4) is 0 Å². The Balaban J connectivity index is 2.93. The van der Waals surface area contributed by atoms with E-state index in [2.05, 4.69) is 11.9 Å². The highest BCUT2D eigenvalue weighted by atomic mass is 16.4. The van der Waals surface area contributed by atoms with Crippen LogP contribution < -0.4 is 11.1 Å². The van der Waals surface area contributed by atoms with E-state index in [9.17, 15) is 24.3 Å². The molecule has 0 aromatic heterocycles. The normalized spacial score (nSPS) is 21.6. The van der Waals surface area contributed by atoms with E-state index in [1.807, 2.05) is 0 Å². The van der Waals surface area contributed by atoms with E-state index in [1.54, 1.807) is 0 Å². The Bertz CT molecular complexity index is 547. The molecular weight excluding hydrogens is 306 g/mol. The van der Waals surface area contributed by atoms with Crippen LogP contribution in [0.5, 0.6) is 0 Å².